The van der Waals surface area contributed by atoms with E-state index in [2.05, 4.69) is 11.7 Å². The van der Waals surface area contributed by atoms with Crippen molar-refractivity contribution in [3.05, 3.63) is 0 Å². The van der Waals surface area contributed by atoms with Crippen LogP contribution in [0.25, 0.3) is 0 Å². The molecule has 2 atom stereocenters. The highest BCUT2D eigenvalue weighted by Crippen LogP contribution is 2.02. The third kappa shape index (κ3) is 25.6. The van der Waals surface area contributed by atoms with Crippen LogP contribution in [0.15, 0.2) is 0 Å². The molecule has 0 rings (SSSR count). The van der Waals surface area contributed by atoms with Crippen LogP contribution in [0.2, 0.25) is 0 Å². The van der Waals surface area contributed by atoms with Gasteiger partial charge in [-0.2, -0.15) is 0 Å². The van der Waals surface area contributed by atoms with Crippen LogP contribution in [-0.4, -0.2) is 74.6 Å². The predicted octanol–water partition coefficient (Wildman–Crippen LogP) is 1.93. The molecule has 0 radical (unpaired) electrons. The third-order valence-corrected chi connectivity index (χ3v) is 3.01. The monoisotopic (exact) mass is 366 g/mol. The van der Waals surface area contributed by atoms with E-state index >= 15 is 0 Å². The Kier molecular flexibility index (Phi) is 22.6. The second-order valence-corrected chi connectivity index (χ2v) is 5.75. The van der Waals surface area contributed by atoms with Crippen LogP contribution in [0.3, 0.4) is 0 Å². The number of esters is 1. The van der Waals surface area contributed by atoms with Gasteiger partial charge in [-0.25, -0.2) is 0 Å². The van der Waals surface area contributed by atoms with Gasteiger partial charge in [0.1, 0.15) is 6.61 Å². The number of aliphatic hydroxyl groups is 2. The summed E-state index contributed by atoms with van der Waals surface area (Å²) in [4.78, 5) is 10.6. The van der Waals surface area contributed by atoms with Crippen molar-refractivity contribution in [2.75, 3.05) is 46.2 Å². The smallest absolute Gasteiger partial charge is 0.302 e. The fourth-order valence-electron chi connectivity index (χ4n) is 1.68. The van der Waals surface area contributed by atoms with Crippen molar-refractivity contribution in [2.24, 2.45) is 0 Å². The van der Waals surface area contributed by atoms with Gasteiger partial charge in [0.05, 0.1) is 45.2 Å². The highest BCUT2D eigenvalue weighted by molar-refractivity contribution is 5.65. The summed E-state index contributed by atoms with van der Waals surface area (Å²) in [5, 5.41) is 16.2. The summed E-state index contributed by atoms with van der Waals surface area (Å²) in [5.74, 6) is -0.273. The molecule has 0 aliphatic carbocycles. The van der Waals surface area contributed by atoms with Crippen molar-refractivity contribution in [1.29, 1.82) is 0 Å². The molecule has 0 aliphatic heterocycles. The van der Waals surface area contributed by atoms with E-state index in [-0.39, 0.29) is 31.4 Å². The fraction of sp³-hybridized carbons (Fsp3) is 0.944. The number of unbranched alkanes of at least 4 members (excludes halogenated alkanes) is 3. The molecule has 0 bridgehead atoms. The van der Waals surface area contributed by atoms with Crippen LogP contribution in [0.5, 0.6) is 0 Å². The summed E-state index contributed by atoms with van der Waals surface area (Å²) in [6.07, 6.45) is 4.86. The van der Waals surface area contributed by atoms with Crippen LogP contribution in [0.1, 0.15) is 53.4 Å². The summed E-state index contributed by atoms with van der Waals surface area (Å²) in [7, 11) is 0. The Morgan fingerprint density at radius 3 is 2.00 bits per heavy atom. The number of rotatable bonds is 15. The van der Waals surface area contributed by atoms with E-state index < -0.39 is 0 Å². The normalized spacial score (nSPS) is 12.9. The van der Waals surface area contributed by atoms with Gasteiger partial charge in [-0.1, -0.05) is 26.2 Å². The average molecular weight is 366 g/mol. The van der Waals surface area contributed by atoms with Crippen molar-refractivity contribution in [3.8, 4) is 0 Å². The first-order valence-electron chi connectivity index (χ1n) is 9.13. The van der Waals surface area contributed by atoms with Crippen molar-refractivity contribution >= 4 is 5.97 Å². The van der Waals surface area contributed by atoms with Gasteiger partial charge < -0.3 is 29.2 Å². The topological polar surface area (TPSA) is 94.5 Å². The average Bonchev–Trinajstić information content (AvgIpc) is 2.59. The lowest BCUT2D eigenvalue weighted by atomic mass is 10.2. The van der Waals surface area contributed by atoms with Crippen LogP contribution in [0.4, 0.5) is 0 Å². The zero-order chi connectivity index (χ0) is 19.3. The Hall–Kier alpha value is -0.730. The lowest BCUT2D eigenvalue weighted by Crippen LogP contribution is -2.24. The summed E-state index contributed by atoms with van der Waals surface area (Å²) < 4.78 is 20.7. The number of hydrogen-bond acceptors (Lipinski definition) is 7. The van der Waals surface area contributed by atoms with E-state index in [1.165, 1.54) is 26.2 Å². The Morgan fingerprint density at radius 1 is 0.880 bits per heavy atom. The zero-order valence-corrected chi connectivity index (χ0v) is 16.4. The first kappa shape index (κ1) is 26.5. The van der Waals surface area contributed by atoms with Crippen molar-refractivity contribution < 1.29 is 34.0 Å². The molecule has 0 spiro atoms. The second kappa shape index (κ2) is 21.3. The molecule has 0 aliphatic rings. The molecule has 0 heterocycles. The molecular weight excluding hydrogens is 328 g/mol. The molecule has 7 heteroatoms. The van der Waals surface area contributed by atoms with Crippen molar-refractivity contribution in [3.63, 3.8) is 0 Å². The van der Waals surface area contributed by atoms with Gasteiger partial charge in [0, 0.05) is 13.5 Å². The van der Waals surface area contributed by atoms with Crippen LogP contribution in [-0.2, 0) is 23.7 Å². The molecular formula is C18H38O7. The molecule has 0 aromatic carbocycles. The third-order valence-electron chi connectivity index (χ3n) is 3.01. The first-order valence-corrected chi connectivity index (χ1v) is 9.13. The zero-order valence-electron chi connectivity index (χ0n) is 16.4. The molecule has 0 saturated heterocycles. The molecule has 0 fully saturated rings. The van der Waals surface area contributed by atoms with Gasteiger partial charge in [0.25, 0.3) is 0 Å². The lowest BCUT2D eigenvalue weighted by Gasteiger charge is -2.17. The summed E-state index contributed by atoms with van der Waals surface area (Å²) in [6.45, 7) is 9.81. The fourth-order valence-corrected chi connectivity index (χ4v) is 1.68. The van der Waals surface area contributed by atoms with Gasteiger partial charge in [-0.3, -0.25) is 4.79 Å². The number of carbonyl (C=O) groups excluding carboxylic acids is 1. The van der Waals surface area contributed by atoms with E-state index in [4.69, 9.17) is 24.4 Å². The Bertz CT molecular complexity index is 270. The maximum Gasteiger partial charge on any atom is 0.302 e. The summed E-state index contributed by atoms with van der Waals surface area (Å²) in [5.41, 5.74) is 0. The highest BCUT2D eigenvalue weighted by atomic mass is 16.6. The molecule has 0 aromatic rings. The molecule has 2 unspecified atom stereocenters. The Morgan fingerprint density at radius 2 is 1.48 bits per heavy atom. The Balaban J connectivity index is 0. The number of carbonyl (C=O) groups is 1. The number of aliphatic hydroxyl groups excluding tert-OH is 2. The van der Waals surface area contributed by atoms with Crippen LogP contribution < -0.4 is 0 Å². The molecule has 0 saturated carbocycles. The number of hydrogen-bond donors (Lipinski definition) is 2. The number of ether oxygens (including phenoxy) is 4. The standard InChI is InChI=1S/C14H28O4.C4H10O3/c1-5-6-7-8-9-16-12(2)10-17-13(3)11-18-14(4)15;5-1-3-7-4-2-6/h12-13H,5-11H2,1-4H3;5-6H,1-4H2. The minimum atomic E-state index is -0.273. The lowest BCUT2D eigenvalue weighted by molar-refractivity contribution is -0.145. The minimum absolute atomic E-state index is 0.0278. The molecule has 152 valence electrons. The van der Waals surface area contributed by atoms with E-state index in [0.717, 1.165) is 13.0 Å². The minimum Gasteiger partial charge on any atom is -0.463 e. The van der Waals surface area contributed by atoms with E-state index in [1.54, 1.807) is 0 Å². The van der Waals surface area contributed by atoms with Crippen molar-refractivity contribution in [2.45, 2.75) is 65.6 Å². The molecule has 0 amide bonds. The first-order chi connectivity index (χ1) is 12.0. The summed E-state index contributed by atoms with van der Waals surface area (Å²) >= 11 is 0. The van der Waals surface area contributed by atoms with Crippen LogP contribution in [0, 0.1) is 0 Å². The maximum absolute atomic E-state index is 10.6. The molecule has 7 nitrogen and oxygen atoms in total. The van der Waals surface area contributed by atoms with Gasteiger partial charge in [-0.05, 0) is 20.3 Å². The van der Waals surface area contributed by atoms with E-state index in [0.29, 0.717) is 26.4 Å². The molecule has 2 N–H and O–H groups in total. The van der Waals surface area contributed by atoms with E-state index in [9.17, 15) is 4.79 Å². The highest BCUT2D eigenvalue weighted by Gasteiger charge is 2.08. The largest absolute Gasteiger partial charge is 0.463 e. The van der Waals surface area contributed by atoms with E-state index in [1.807, 2.05) is 13.8 Å². The van der Waals surface area contributed by atoms with Gasteiger partial charge in [0.2, 0.25) is 0 Å². The maximum atomic E-state index is 10.6. The van der Waals surface area contributed by atoms with Crippen molar-refractivity contribution in [1.82, 2.24) is 0 Å². The van der Waals surface area contributed by atoms with Crippen LogP contribution >= 0.6 is 0 Å². The Labute approximate surface area is 152 Å². The quantitative estimate of drug-likeness (QED) is 0.338. The SMILES string of the molecule is CCCCCCOC(C)COC(C)COC(C)=O.OCCOCCO. The second-order valence-electron chi connectivity index (χ2n) is 5.75. The van der Waals surface area contributed by atoms with Gasteiger partial charge >= 0.3 is 5.97 Å². The van der Waals surface area contributed by atoms with Gasteiger partial charge in [-0.15, -0.1) is 0 Å². The van der Waals surface area contributed by atoms with Gasteiger partial charge in [0.15, 0.2) is 0 Å². The molecule has 25 heavy (non-hydrogen) atoms. The summed E-state index contributed by atoms with van der Waals surface area (Å²) in [6, 6.07) is 0. The molecule has 0 aromatic heterocycles. The predicted molar refractivity (Wildman–Crippen MR) is 96.6 cm³/mol.